The molecule has 1 atom stereocenters. The minimum absolute atomic E-state index is 0. The summed E-state index contributed by atoms with van der Waals surface area (Å²) in [6.45, 7) is 8.14. The molecule has 0 bridgehead atoms. The number of carbonyl (C=O) groups is 1. The highest BCUT2D eigenvalue weighted by Crippen LogP contribution is 2.31. The van der Waals surface area contributed by atoms with Gasteiger partial charge in [-0.25, -0.2) is 0 Å². The first-order valence-corrected chi connectivity index (χ1v) is 9.21. The zero-order chi connectivity index (χ0) is 17.1. The van der Waals surface area contributed by atoms with Gasteiger partial charge in [0.1, 0.15) is 0 Å². The fourth-order valence-electron chi connectivity index (χ4n) is 2.69. The fourth-order valence-corrected chi connectivity index (χ4v) is 3.69. The van der Waals surface area contributed by atoms with E-state index in [0.717, 1.165) is 18.8 Å². The molecule has 0 spiro atoms. The fraction of sp³-hybridized carbons (Fsp3) is 0.350. The lowest BCUT2D eigenvalue weighted by Crippen LogP contribution is -2.48. The van der Waals surface area contributed by atoms with E-state index >= 15 is 0 Å². The van der Waals surface area contributed by atoms with Crippen LogP contribution in [0.1, 0.15) is 18.1 Å². The maximum Gasteiger partial charge on any atom is 0.227 e. The molecular weight excluding hydrogens is 352 g/mol. The van der Waals surface area contributed by atoms with Gasteiger partial charge in [0.25, 0.3) is 0 Å². The Balaban J connectivity index is 0.00000225. The van der Waals surface area contributed by atoms with E-state index in [4.69, 9.17) is 0 Å². The van der Waals surface area contributed by atoms with Crippen molar-refractivity contribution in [3.63, 3.8) is 0 Å². The maximum atomic E-state index is 12.3. The molecule has 3 nitrogen and oxygen atoms in total. The number of nitrogens with one attached hydrogen (secondary N) is 2. The van der Waals surface area contributed by atoms with Crippen LogP contribution in [-0.2, 0) is 4.79 Å². The SMILES string of the molecule is Cc1ccc(C)c(Sc2ccc(NC(=O)C(C)C3CNC3)cc2)c1.Cl. The maximum absolute atomic E-state index is 12.3. The molecule has 1 aliphatic rings. The largest absolute Gasteiger partial charge is 0.326 e. The van der Waals surface area contributed by atoms with Gasteiger partial charge in [-0.2, -0.15) is 0 Å². The first-order valence-electron chi connectivity index (χ1n) is 8.39. The Bertz CT molecular complexity index is 729. The third-order valence-corrected chi connectivity index (χ3v) is 5.79. The van der Waals surface area contributed by atoms with E-state index in [1.807, 2.05) is 19.1 Å². The van der Waals surface area contributed by atoms with Crippen molar-refractivity contribution in [1.29, 1.82) is 0 Å². The van der Waals surface area contributed by atoms with Crippen molar-refractivity contribution in [3.8, 4) is 0 Å². The molecule has 0 aromatic heterocycles. The number of aryl methyl sites for hydroxylation is 2. The Hall–Kier alpha value is -1.49. The predicted molar refractivity (Wildman–Crippen MR) is 108 cm³/mol. The topological polar surface area (TPSA) is 41.1 Å². The number of carbonyl (C=O) groups excluding carboxylic acids is 1. The zero-order valence-electron chi connectivity index (χ0n) is 14.8. The molecule has 1 amide bonds. The Kier molecular flexibility index (Phi) is 6.94. The molecule has 0 saturated carbocycles. The zero-order valence-corrected chi connectivity index (χ0v) is 16.5. The summed E-state index contributed by atoms with van der Waals surface area (Å²) in [6.07, 6.45) is 0. The van der Waals surface area contributed by atoms with E-state index in [-0.39, 0.29) is 24.2 Å². The van der Waals surface area contributed by atoms with Crippen LogP contribution in [0.5, 0.6) is 0 Å². The van der Waals surface area contributed by atoms with Crippen LogP contribution in [0.4, 0.5) is 5.69 Å². The molecule has 0 radical (unpaired) electrons. The van der Waals surface area contributed by atoms with Crippen LogP contribution >= 0.6 is 24.2 Å². The van der Waals surface area contributed by atoms with Crippen LogP contribution in [0.15, 0.2) is 52.3 Å². The number of amides is 1. The molecular formula is C20H25ClN2OS. The van der Waals surface area contributed by atoms with Gasteiger partial charge in [0.15, 0.2) is 0 Å². The van der Waals surface area contributed by atoms with Crippen molar-refractivity contribution in [1.82, 2.24) is 5.32 Å². The summed E-state index contributed by atoms with van der Waals surface area (Å²) >= 11 is 1.76. The molecule has 1 fully saturated rings. The summed E-state index contributed by atoms with van der Waals surface area (Å²) in [5.74, 6) is 0.621. The van der Waals surface area contributed by atoms with Gasteiger partial charge in [-0.05, 0) is 74.3 Å². The second kappa shape index (κ2) is 8.75. The van der Waals surface area contributed by atoms with Gasteiger partial charge in [0.05, 0.1) is 0 Å². The molecule has 0 aliphatic carbocycles. The normalized spacial score (nSPS) is 15.0. The van der Waals surface area contributed by atoms with Crippen molar-refractivity contribution >= 4 is 35.8 Å². The summed E-state index contributed by atoms with van der Waals surface area (Å²) in [4.78, 5) is 14.7. The Morgan fingerprint density at radius 3 is 2.44 bits per heavy atom. The minimum Gasteiger partial charge on any atom is -0.326 e. The van der Waals surface area contributed by atoms with Crippen molar-refractivity contribution in [2.24, 2.45) is 11.8 Å². The van der Waals surface area contributed by atoms with Crippen molar-refractivity contribution < 1.29 is 4.79 Å². The van der Waals surface area contributed by atoms with Gasteiger partial charge in [0.2, 0.25) is 5.91 Å². The number of hydrogen-bond acceptors (Lipinski definition) is 3. The molecule has 134 valence electrons. The average Bonchev–Trinajstić information content (AvgIpc) is 2.51. The Labute approximate surface area is 160 Å². The quantitative estimate of drug-likeness (QED) is 0.796. The molecule has 1 saturated heterocycles. The second-order valence-electron chi connectivity index (χ2n) is 6.59. The number of halogens is 1. The standard InChI is InChI=1S/C20H24N2OS.ClH/c1-13-4-5-14(2)19(10-13)24-18-8-6-17(7-9-18)22-20(23)15(3)16-11-21-12-16;/h4-10,15-16,21H,11-12H2,1-3H3,(H,22,23);1H. The summed E-state index contributed by atoms with van der Waals surface area (Å²) < 4.78 is 0. The van der Waals surface area contributed by atoms with Crippen LogP contribution in [0, 0.1) is 25.7 Å². The Morgan fingerprint density at radius 2 is 1.84 bits per heavy atom. The van der Waals surface area contributed by atoms with Gasteiger partial charge in [0, 0.05) is 21.4 Å². The van der Waals surface area contributed by atoms with Crippen molar-refractivity contribution in [2.45, 2.75) is 30.6 Å². The van der Waals surface area contributed by atoms with E-state index in [0.29, 0.717) is 5.92 Å². The van der Waals surface area contributed by atoms with E-state index in [1.165, 1.54) is 20.9 Å². The molecule has 1 unspecified atom stereocenters. The highest BCUT2D eigenvalue weighted by atomic mass is 35.5. The van der Waals surface area contributed by atoms with Crippen LogP contribution in [0.25, 0.3) is 0 Å². The molecule has 2 N–H and O–H groups in total. The third kappa shape index (κ3) is 5.00. The summed E-state index contributed by atoms with van der Waals surface area (Å²) in [7, 11) is 0. The lowest BCUT2D eigenvalue weighted by Gasteiger charge is -2.31. The molecule has 25 heavy (non-hydrogen) atoms. The highest BCUT2D eigenvalue weighted by molar-refractivity contribution is 7.99. The number of rotatable bonds is 5. The van der Waals surface area contributed by atoms with Crippen molar-refractivity contribution in [3.05, 3.63) is 53.6 Å². The minimum atomic E-state index is 0. The van der Waals surface area contributed by atoms with Crippen LogP contribution in [-0.4, -0.2) is 19.0 Å². The lowest BCUT2D eigenvalue weighted by molar-refractivity contribution is -0.121. The molecule has 5 heteroatoms. The van der Waals surface area contributed by atoms with E-state index < -0.39 is 0 Å². The van der Waals surface area contributed by atoms with Crippen LogP contribution in [0.3, 0.4) is 0 Å². The molecule has 1 heterocycles. The average molecular weight is 377 g/mol. The number of anilines is 1. The lowest BCUT2D eigenvalue weighted by atomic mass is 9.88. The van der Waals surface area contributed by atoms with Gasteiger partial charge < -0.3 is 10.6 Å². The monoisotopic (exact) mass is 376 g/mol. The van der Waals surface area contributed by atoms with E-state index in [2.05, 4.69) is 54.8 Å². The number of hydrogen-bond donors (Lipinski definition) is 2. The predicted octanol–water partition coefficient (Wildman–Crippen LogP) is 4.67. The van der Waals surface area contributed by atoms with Gasteiger partial charge in [-0.3, -0.25) is 4.79 Å². The van der Waals surface area contributed by atoms with Gasteiger partial charge in [-0.1, -0.05) is 30.8 Å². The summed E-state index contributed by atoms with van der Waals surface area (Å²) in [5, 5.41) is 6.24. The van der Waals surface area contributed by atoms with Crippen molar-refractivity contribution in [2.75, 3.05) is 18.4 Å². The molecule has 1 aliphatic heterocycles. The molecule has 2 aromatic rings. The number of benzene rings is 2. The van der Waals surface area contributed by atoms with Crippen LogP contribution < -0.4 is 10.6 Å². The highest BCUT2D eigenvalue weighted by Gasteiger charge is 2.28. The first-order chi connectivity index (χ1) is 11.5. The molecule has 2 aromatic carbocycles. The van der Waals surface area contributed by atoms with Crippen LogP contribution in [0.2, 0.25) is 0 Å². The second-order valence-corrected chi connectivity index (χ2v) is 7.71. The third-order valence-electron chi connectivity index (χ3n) is 4.63. The first kappa shape index (κ1) is 19.8. The smallest absolute Gasteiger partial charge is 0.227 e. The van der Waals surface area contributed by atoms with E-state index in [1.54, 1.807) is 11.8 Å². The van der Waals surface area contributed by atoms with Gasteiger partial charge in [-0.15, -0.1) is 12.4 Å². The van der Waals surface area contributed by atoms with E-state index in [9.17, 15) is 4.79 Å². The molecule has 3 rings (SSSR count). The summed E-state index contributed by atoms with van der Waals surface area (Å²) in [5.41, 5.74) is 3.42. The van der Waals surface area contributed by atoms with Gasteiger partial charge >= 0.3 is 0 Å². The Morgan fingerprint density at radius 1 is 1.16 bits per heavy atom. The summed E-state index contributed by atoms with van der Waals surface area (Å²) in [6, 6.07) is 14.6.